The predicted molar refractivity (Wildman–Crippen MR) is 69.3 cm³/mol. The van der Waals surface area contributed by atoms with Crippen molar-refractivity contribution in [2.75, 3.05) is 0 Å². The Morgan fingerprint density at radius 2 is 1.75 bits per heavy atom. The maximum atomic E-state index is 11.8. The molecule has 16 heavy (non-hydrogen) atoms. The molecule has 1 aromatic carbocycles. The number of esters is 1. The van der Waals surface area contributed by atoms with Crippen LogP contribution in [0.25, 0.3) is 0 Å². The average molecular weight is 332 g/mol. The predicted octanol–water partition coefficient (Wildman–Crippen LogP) is 2.82. The molecule has 3 nitrogen and oxygen atoms in total. The lowest BCUT2D eigenvalue weighted by atomic mass is 10.1. The molecular weight excluding hydrogens is 319 g/mol. The zero-order valence-corrected chi connectivity index (χ0v) is 11.6. The second-order valence-electron chi connectivity index (χ2n) is 4.31. The molecule has 0 bridgehead atoms. The van der Waals surface area contributed by atoms with E-state index in [4.69, 9.17) is 4.74 Å². The van der Waals surface area contributed by atoms with E-state index in [2.05, 4.69) is 0 Å². The Morgan fingerprint density at radius 1 is 1.19 bits per heavy atom. The van der Waals surface area contributed by atoms with Gasteiger partial charge in [0.15, 0.2) is 0 Å². The molecule has 0 aromatic heterocycles. The Bertz CT molecular complexity index is 419. The number of hydrogen-bond acceptors (Lipinski definition) is 3. The van der Waals surface area contributed by atoms with Crippen molar-refractivity contribution in [2.24, 2.45) is 0 Å². The van der Waals surface area contributed by atoms with Crippen molar-refractivity contribution in [3.05, 3.63) is 33.4 Å². The molecule has 0 aliphatic carbocycles. The van der Waals surface area contributed by atoms with Crippen LogP contribution in [0.4, 0.5) is 0 Å². The van der Waals surface area contributed by atoms with E-state index in [1.807, 2.05) is 28.7 Å². The largest absolute Gasteiger partial charge is 0.454 e. The third-order valence-corrected chi connectivity index (χ3v) is 2.64. The summed E-state index contributed by atoms with van der Waals surface area (Å²) in [6.07, 6.45) is 0. The molecule has 0 radical (unpaired) electrons. The van der Waals surface area contributed by atoms with Gasteiger partial charge in [0.2, 0.25) is 0 Å². The van der Waals surface area contributed by atoms with Gasteiger partial charge in [-0.05, 0) is 55.5 Å². The van der Waals surface area contributed by atoms with Crippen molar-refractivity contribution < 1.29 is 14.3 Å². The summed E-state index contributed by atoms with van der Waals surface area (Å²) in [5.74, 6) is -1.41. The Morgan fingerprint density at radius 3 is 2.25 bits per heavy atom. The van der Waals surface area contributed by atoms with Crippen LogP contribution >= 0.6 is 22.6 Å². The van der Waals surface area contributed by atoms with Gasteiger partial charge >= 0.3 is 5.97 Å². The Kier molecular flexibility index (Phi) is 4.07. The first kappa shape index (κ1) is 13.2. The van der Waals surface area contributed by atoms with Gasteiger partial charge in [-0.25, -0.2) is 4.79 Å². The van der Waals surface area contributed by atoms with E-state index in [1.54, 1.807) is 39.0 Å². The van der Waals surface area contributed by atoms with Crippen LogP contribution in [-0.2, 0) is 9.53 Å². The number of Topliss-reactive ketones (excluding diaryl/α,β-unsaturated/α-hetero) is 1. The molecule has 0 unspecified atom stereocenters. The van der Waals surface area contributed by atoms with Gasteiger partial charge in [-0.3, -0.25) is 4.79 Å². The van der Waals surface area contributed by atoms with Crippen LogP contribution in [0.2, 0.25) is 0 Å². The van der Waals surface area contributed by atoms with Gasteiger partial charge in [-0.1, -0.05) is 12.1 Å². The summed E-state index contributed by atoms with van der Waals surface area (Å²) in [7, 11) is 0. The molecule has 1 rings (SSSR count). The average Bonchev–Trinajstić information content (AvgIpc) is 2.15. The monoisotopic (exact) mass is 332 g/mol. The topological polar surface area (TPSA) is 43.4 Å². The highest BCUT2D eigenvalue weighted by Gasteiger charge is 2.25. The first-order valence-corrected chi connectivity index (χ1v) is 5.91. The third-order valence-electron chi connectivity index (χ3n) is 1.70. The van der Waals surface area contributed by atoms with E-state index >= 15 is 0 Å². The molecule has 86 valence electrons. The van der Waals surface area contributed by atoms with E-state index in [0.717, 1.165) is 3.57 Å². The van der Waals surface area contributed by atoms with Gasteiger partial charge in [0, 0.05) is 9.13 Å². The zero-order valence-electron chi connectivity index (χ0n) is 9.41. The molecule has 0 spiro atoms. The highest BCUT2D eigenvalue weighted by atomic mass is 127. The molecule has 0 fully saturated rings. The van der Waals surface area contributed by atoms with Gasteiger partial charge in [-0.2, -0.15) is 0 Å². The van der Waals surface area contributed by atoms with Crippen LogP contribution in [-0.4, -0.2) is 17.4 Å². The van der Waals surface area contributed by atoms with E-state index < -0.39 is 17.4 Å². The van der Waals surface area contributed by atoms with E-state index in [-0.39, 0.29) is 0 Å². The van der Waals surface area contributed by atoms with Gasteiger partial charge < -0.3 is 4.74 Å². The highest BCUT2D eigenvalue weighted by molar-refractivity contribution is 14.1. The number of halogens is 1. The number of rotatable bonds is 2. The van der Waals surface area contributed by atoms with Crippen molar-refractivity contribution in [1.82, 2.24) is 0 Å². The number of carbonyl (C=O) groups is 2. The first-order valence-electron chi connectivity index (χ1n) is 4.83. The molecule has 0 heterocycles. The van der Waals surface area contributed by atoms with E-state index in [9.17, 15) is 9.59 Å². The molecule has 4 heteroatoms. The molecule has 0 aliphatic rings. The van der Waals surface area contributed by atoms with Crippen LogP contribution in [0.5, 0.6) is 0 Å². The van der Waals surface area contributed by atoms with Crippen molar-refractivity contribution in [3.8, 4) is 0 Å². The molecule has 0 atom stereocenters. The zero-order chi connectivity index (χ0) is 12.3. The lowest BCUT2D eigenvalue weighted by Crippen LogP contribution is -2.29. The number of ether oxygens (including phenoxy) is 1. The minimum Gasteiger partial charge on any atom is -0.454 e. The van der Waals surface area contributed by atoms with Crippen LogP contribution in [0.3, 0.4) is 0 Å². The van der Waals surface area contributed by atoms with Crippen LogP contribution in [0.15, 0.2) is 24.3 Å². The lowest BCUT2D eigenvalue weighted by molar-refractivity contribution is -0.148. The fourth-order valence-corrected chi connectivity index (χ4v) is 1.71. The number of benzene rings is 1. The quantitative estimate of drug-likeness (QED) is 0.362. The first-order chi connectivity index (χ1) is 7.31. The summed E-state index contributed by atoms with van der Waals surface area (Å²) < 4.78 is 5.76. The van der Waals surface area contributed by atoms with Crippen LogP contribution in [0.1, 0.15) is 31.1 Å². The number of carbonyl (C=O) groups excluding carboxylic acids is 2. The van der Waals surface area contributed by atoms with Gasteiger partial charge in [0.25, 0.3) is 5.78 Å². The summed E-state index contributed by atoms with van der Waals surface area (Å²) in [4.78, 5) is 23.3. The van der Waals surface area contributed by atoms with Crippen molar-refractivity contribution in [1.29, 1.82) is 0 Å². The summed E-state index contributed by atoms with van der Waals surface area (Å²) >= 11 is 2.02. The Labute approximate surface area is 108 Å². The smallest absolute Gasteiger partial charge is 0.380 e. The molecule has 0 amide bonds. The standard InChI is InChI=1S/C12H13IO3/c1-12(2,3)16-11(15)10(14)8-6-4-5-7-9(8)13/h4-7H,1-3H3. The molecular formula is C12H13IO3. The Balaban J connectivity index is 2.88. The molecule has 0 aliphatic heterocycles. The minimum absolute atomic E-state index is 0.386. The van der Waals surface area contributed by atoms with Gasteiger partial charge in [0.05, 0.1) is 0 Å². The van der Waals surface area contributed by atoms with Crippen molar-refractivity contribution in [3.63, 3.8) is 0 Å². The molecule has 0 saturated heterocycles. The van der Waals surface area contributed by atoms with Crippen molar-refractivity contribution in [2.45, 2.75) is 26.4 Å². The molecule has 0 N–H and O–H groups in total. The molecule has 1 aromatic rings. The second kappa shape index (κ2) is 4.95. The van der Waals surface area contributed by atoms with Crippen molar-refractivity contribution >= 4 is 34.3 Å². The summed E-state index contributed by atoms with van der Waals surface area (Å²) in [6.45, 7) is 5.19. The fourth-order valence-electron chi connectivity index (χ4n) is 1.08. The summed E-state index contributed by atoms with van der Waals surface area (Å²) in [5.41, 5.74) is -0.259. The fraction of sp³-hybridized carbons (Fsp3) is 0.333. The minimum atomic E-state index is -0.809. The summed E-state index contributed by atoms with van der Waals surface area (Å²) in [6, 6.07) is 6.93. The summed E-state index contributed by atoms with van der Waals surface area (Å²) in [5, 5.41) is 0. The van der Waals surface area contributed by atoms with E-state index in [1.165, 1.54) is 0 Å². The normalized spacial score (nSPS) is 11.0. The van der Waals surface area contributed by atoms with Gasteiger partial charge in [0.1, 0.15) is 5.60 Å². The SMILES string of the molecule is CC(C)(C)OC(=O)C(=O)c1ccccc1I. The Hall–Kier alpha value is -0.910. The maximum absolute atomic E-state index is 11.8. The number of hydrogen-bond donors (Lipinski definition) is 0. The van der Waals surface area contributed by atoms with E-state index in [0.29, 0.717) is 5.56 Å². The molecule has 0 saturated carbocycles. The van der Waals surface area contributed by atoms with Gasteiger partial charge in [-0.15, -0.1) is 0 Å². The second-order valence-corrected chi connectivity index (χ2v) is 5.47. The van der Waals surface area contributed by atoms with Crippen LogP contribution < -0.4 is 0 Å². The maximum Gasteiger partial charge on any atom is 0.380 e. The van der Waals surface area contributed by atoms with Crippen LogP contribution in [0, 0.1) is 3.57 Å². The number of ketones is 1. The third kappa shape index (κ3) is 3.59. The lowest BCUT2D eigenvalue weighted by Gasteiger charge is -2.18. The highest BCUT2D eigenvalue weighted by Crippen LogP contribution is 2.15.